The van der Waals surface area contributed by atoms with Crippen molar-refractivity contribution in [2.45, 2.75) is 20.0 Å². The quantitative estimate of drug-likeness (QED) is 0.779. The van der Waals surface area contributed by atoms with Crippen molar-refractivity contribution < 1.29 is 18.0 Å². The number of hydrogen-bond acceptors (Lipinski definition) is 2. The maximum Gasteiger partial charge on any atom is 0.416 e. The Bertz CT molecular complexity index is 662. The Balaban J connectivity index is 2.45. The van der Waals surface area contributed by atoms with Crippen LogP contribution in [0.15, 0.2) is 36.7 Å². The molecule has 0 N–H and O–H groups in total. The summed E-state index contributed by atoms with van der Waals surface area (Å²) in [5.74, 6) is -0.318. The van der Waals surface area contributed by atoms with Gasteiger partial charge in [0.05, 0.1) is 5.56 Å². The number of carbonyl (C=O) groups excluding carboxylic acids is 1. The predicted molar refractivity (Wildman–Crippen MR) is 68.6 cm³/mol. The van der Waals surface area contributed by atoms with E-state index in [1.807, 2.05) is 0 Å². The molecule has 0 saturated carbocycles. The molecule has 0 fully saturated rings. The van der Waals surface area contributed by atoms with Gasteiger partial charge in [-0.05, 0) is 43.2 Å². The van der Waals surface area contributed by atoms with E-state index in [0.717, 1.165) is 17.7 Å². The third-order valence-electron chi connectivity index (χ3n) is 3.08. The summed E-state index contributed by atoms with van der Waals surface area (Å²) in [5.41, 5.74) is 0.941. The van der Waals surface area contributed by atoms with Gasteiger partial charge in [-0.2, -0.15) is 13.2 Å². The van der Waals surface area contributed by atoms with Crippen molar-refractivity contribution in [3.8, 4) is 0 Å². The molecule has 0 unspecified atom stereocenters. The highest BCUT2D eigenvalue weighted by molar-refractivity contribution is 6.10. The fraction of sp³-hybridized carbons (Fsp3) is 0.200. The van der Waals surface area contributed by atoms with Crippen LogP contribution in [-0.4, -0.2) is 10.8 Å². The molecule has 2 aromatic rings. The highest BCUT2D eigenvalue weighted by Gasteiger charge is 2.31. The molecule has 0 saturated heterocycles. The standard InChI is InChI=1S/C15H12F3NO/c1-9-5-6-19-8-13(9)14(20)12-4-3-11(7-10(12)2)15(16,17)18/h3-8H,1-2H3. The summed E-state index contributed by atoms with van der Waals surface area (Å²) in [5, 5.41) is 0. The summed E-state index contributed by atoms with van der Waals surface area (Å²) in [6.07, 6.45) is -1.42. The molecule has 0 aliphatic rings. The van der Waals surface area contributed by atoms with Gasteiger partial charge in [-0.3, -0.25) is 9.78 Å². The van der Waals surface area contributed by atoms with E-state index in [1.165, 1.54) is 19.2 Å². The number of aryl methyl sites for hydroxylation is 2. The van der Waals surface area contributed by atoms with Crippen LogP contribution in [0.4, 0.5) is 13.2 Å². The molecule has 1 aromatic carbocycles. The molecule has 2 rings (SSSR count). The Kier molecular flexibility index (Phi) is 3.61. The molecule has 0 aliphatic heterocycles. The van der Waals surface area contributed by atoms with Crippen LogP contribution in [0.5, 0.6) is 0 Å². The fourth-order valence-electron chi connectivity index (χ4n) is 1.94. The lowest BCUT2D eigenvalue weighted by Gasteiger charge is -2.11. The second-order valence-electron chi connectivity index (χ2n) is 4.55. The lowest BCUT2D eigenvalue weighted by molar-refractivity contribution is -0.137. The topological polar surface area (TPSA) is 30.0 Å². The maximum atomic E-state index is 12.6. The van der Waals surface area contributed by atoms with E-state index in [1.54, 1.807) is 19.2 Å². The van der Waals surface area contributed by atoms with Crippen LogP contribution < -0.4 is 0 Å². The van der Waals surface area contributed by atoms with Gasteiger partial charge >= 0.3 is 6.18 Å². The Morgan fingerprint density at radius 3 is 2.30 bits per heavy atom. The number of pyridine rings is 1. The highest BCUT2D eigenvalue weighted by atomic mass is 19.4. The third kappa shape index (κ3) is 2.71. The van der Waals surface area contributed by atoms with Crippen molar-refractivity contribution in [2.24, 2.45) is 0 Å². The number of benzene rings is 1. The second kappa shape index (κ2) is 5.07. The van der Waals surface area contributed by atoms with Crippen LogP contribution in [0.3, 0.4) is 0 Å². The molecule has 20 heavy (non-hydrogen) atoms. The number of aromatic nitrogens is 1. The van der Waals surface area contributed by atoms with E-state index < -0.39 is 11.7 Å². The minimum atomic E-state index is -4.41. The van der Waals surface area contributed by atoms with Crippen LogP contribution in [0.2, 0.25) is 0 Å². The fourth-order valence-corrected chi connectivity index (χ4v) is 1.94. The number of alkyl halides is 3. The zero-order valence-corrected chi connectivity index (χ0v) is 11.0. The van der Waals surface area contributed by atoms with Crippen LogP contribution in [-0.2, 0) is 6.18 Å². The van der Waals surface area contributed by atoms with E-state index in [2.05, 4.69) is 4.98 Å². The molecule has 0 aliphatic carbocycles. The summed E-state index contributed by atoms with van der Waals surface area (Å²) in [4.78, 5) is 16.2. The first-order valence-electron chi connectivity index (χ1n) is 5.94. The monoisotopic (exact) mass is 279 g/mol. The van der Waals surface area contributed by atoms with Crippen molar-refractivity contribution in [2.75, 3.05) is 0 Å². The van der Waals surface area contributed by atoms with Crippen molar-refractivity contribution >= 4 is 5.78 Å². The third-order valence-corrected chi connectivity index (χ3v) is 3.08. The molecule has 0 radical (unpaired) electrons. The molecule has 1 aromatic heterocycles. The van der Waals surface area contributed by atoms with Crippen molar-refractivity contribution in [3.05, 3.63) is 64.5 Å². The Morgan fingerprint density at radius 2 is 1.75 bits per heavy atom. The number of rotatable bonds is 2. The lowest BCUT2D eigenvalue weighted by atomic mass is 9.96. The first-order chi connectivity index (χ1) is 9.30. The van der Waals surface area contributed by atoms with Crippen molar-refractivity contribution in [1.29, 1.82) is 0 Å². The Hall–Kier alpha value is -2.17. The van der Waals surface area contributed by atoms with Gasteiger partial charge in [0.2, 0.25) is 0 Å². The van der Waals surface area contributed by atoms with Gasteiger partial charge in [-0.25, -0.2) is 0 Å². The molecule has 0 spiro atoms. The van der Waals surface area contributed by atoms with E-state index in [0.29, 0.717) is 11.1 Å². The minimum Gasteiger partial charge on any atom is -0.289 e. The van der Waals surface area contributed by atoms with Gasteiger partial charge in [0.15, 0.2) is 5.78 Å². The van der Waals surface area contributed by atoms with E-state index in [-0.39, 0.29) is 11.3 Å². The average Bonchev–Trinajstić information content (AvgIpc) is 2.37. The molecule has 0 atom stereocenters. The molecular weight excluding hydrogens is 267 g/mol. The molecule has 104 valence electrons. The summed E-state index contributed by atoms with van der Waals surface area (Å²) in [7, 11) is 0. The van der Waals surface area contributed by atoms with E-state index in [4.69, 9.17) is 0 Å². The SMILES string of the molecule is Cc1cc(C(F)(F)F)ccc1C(=O)c1cnccc1C. The molecule has 1 heterocycles. The number of hydrogen-bond donors (Lipinski definition) is 0. The highest BCUT2D eigenvalue weighted by Crippen LogP contribution is 2.31. The van der Waals surface area contributed by atoms with Crippen LogP contribution in [0.1, 0.15) is 32.6 Å². The van der Waals surface area contributed by atoms with E-state index in [9.17, 15) is 18.0 Å². The van der Waals surface area contributed by atoms with Gasteiger partial charge in [-0.15, -0.1) is 0 Å². The predicted octanol–water partition coefficient (Wildman–Crippen LogP) is 3.95. The van der Waals surface area contributed by atoms with Gasteiger partial charge < -0.3 is 0 Å². The summed E-state index contributed by atoms with van der Waals surface area (Å²) >= 11 is 0. The Morgan fingerprint density at radius 1 is 1.05 bits per heavy atom. The Labute approximate surface area is 114 Å². The van der Waals surface area contributed by atoms with Gasteiger partial charge in [0, 0.05) is 23.5 Å². The minimum absolute atomic E-state index is 0.258. The van der Waals surface area contributed by atoms with Crippen LogP contribution >= 0.6 is 0 Å². The molecular formula is C15H12F3NO. The number of ketones is 1. The largest absolute Gasteiger partial charge is 0.416 e. The molecule has 5 heteroatoms. The second-order valence-corrected chi connectivity index (χ2v) is 4.55. The normalized spacial score (nSPS) is 11.4. The average molecular weight is 279 g/mol. The molecule has 2 nitrogen and oxygen atoms in total. The first kappa shape index (κ1) is 14.2. The number of halogens is 3. The number of carbonyl (C=O) groups is 1. The van der Waals surface area contributed by atoms with Crippen LogP contribution in [0.25, 0.3) is 0 Å². The lowest BCUT2D eigenvalue weighted by Crippen LogP contribution is -2.10. The first-order valence-corrected chi connectivity index (χ1v) is 5.94. The number of nitrogens with zero attached hydrogens (tertiary/aromatic N) is 1. The van der Waals surface area contributed by atoms with Gasteiger partial charge in [-0.1, -0.05) is 6.07 Å². The van der Waals surface area contributed by atoms with Gasteiger partial charge in [0.25, 0.3) is 0 Å². The summed E-state index contributed by atoms with van der Waals surface area (Å²) in [6, 6.07) is 4.81. The maximum absolute atomic E-state index is 12.6. The summed E-state index contributed by atoms with van der Waals surface area (Å²) in [6.45, 7) is 3.25. The van der Waals surface area contributed by atoms with E-state index >= 15 is 0 Å². The van der Waals surface area contributed by atoms with Crippen molar-refractivity contribution in [3.63, 3.8) is 0 Å². The zero-order valence-electron chi connectivity index (χ0n) is 11.0. The summed E-state index contributed by atoms with van der Waals surface area (Å²) < 4.78 is 37.8. The smallest absolute Gasteiger partial charge is 0.289 e. The molecule has 0 amide bonds. The zero-order chi connectivity index (χ0) is 14.9. The molecule has 0 bridgehead atoms. The van der Waals surface area contributed by atoms with Gasteiger partial charge in [0.1, 0.15) is 0 Å². The van der Waals surface area contributed by atoms with Crippen molar-refractivity contribution in [1.82, 2.24) is 4.98 Å². The van der Waals surface area contributed by atoms with Crippen LogP contribution in [0, 0.1) is 13.8 Å².